The van der Waals surface area contributed by atoms with Gasteiger partial charge >= 0.3 is 0 Å². The molecule has 0 radical (unpaired) electrons. The number of rotatable bonds is 5. The predicted molar refractivity (Wildman–Crippen MR) is 53.1 cm³/mol. The van der Waals surface area contributed by atoms with Crippen LogP contribution >= 0.6 is 0 Å². The van der Waals surface area contributed by atoms with E-state index >= 15 is 0 Å². The monoisotopic (exact) mass is 170 g/mol. The third-order valence-electron chi connectivity index (χ3n) is 1.98. The van der Waals surface area contributed by atoms with Gasteiger partial charge in [0.25, 0.3) is 0 Å². The van der Waals surface area contributed by atoms with Gasteiger partial charge in [-0.3, -0.25) is 4.79 Å². The van der Waals surface area contributed by atoms with Crippen LogP contribution in [-0.2, 0) is 4.79 Å². The largest absolute Gasteiger partial charge is 0.299 e. The van der Waals surface area contributed by atoms with Gasteiger partial charge in [0.05, 0.1) is 0 Å². The fraction of sp³-hybridized carbons (Fsp3) is 0.909. The molecule has 0 aliphatic carbocycles. The Bertz CT molecular complexity index is 136. The Balaban J connectivity index is 3.77. The summed E-state index contributed by atoms with van der Waals surface area (Å²) in [6.07, 6.45) is 1.78. The lowest BCUT2D eigenvalue weighted by molar-refractivity contribution is -0.123. The molecule has 0 aromatic heterocycles. The molecule has 0 heterocycles. The summed E-state index contributed by atoms with van der Waals surface area (Å²) in [5, 5.41) is 0. The average Bonchev–Trinajstić information content (AvgIpc) is 1.84. The van der Waals surface area contributed by atoms with Crippen LogP contribution in [0.15, 0.2) is 0 Å². The first-order valence-corrected chi connectivity index (χ1v) is 4.96. The highest BCUT2D eigenvalue weighted by Gasteiger charge is 2.14. The van der Waals surface area contributed by atoms with Gasteiger partial charge in [-0.2, -0.15) is 0 Å². The molecule has 0 fully saturated rings. The van der Waals surface area contributed by atoms with Crippen molar-refractivity contribution < 1.29 is 4.79 Å². The fourth-order valence-corrected chi connectivity index (χ4v) is 1.44. The summed E-state index contributed by atoms with van der Waals surface area (Å²) in [5.41, 5.74) is 0. The molecule has 0 aromatic rings. The molecule has 1 nitrogen and oxygen atoms in total. The van der Waals surface area contributed by atoms with Crippen molar-refractivity contribution in [3.8, 4) is 0 Å². The van der Waals surface area contributed by atoms with Gasteiger partial charge in [-0.25, -0.2) is 0 Å². The van der Waals surface area contributed by atoms with Crippen LogP contribution in [0, 0.1) is 17.8 Å². The number of hydrogen-bond acceptors (Lipinski definition) is 1. The number of carbonyl (C=O) groups excluding carboxylic acids is 1. The predicted octanol–water partition coefficient (Wildman–Crippen LogP) is 3.28. The van der Waals surface area contributed by atoms with Crippen molar-refractivity contribution in [3.05, 3.63) is 0 Å². The average molecular weight is 170 g/mol. The molecule has 72 valence electrons. The summed E-state index contributed by atoms with van der Waals surface area (Å²) < 4.78 is 0. The van der Waals surface area contributed by atoms with Gasteiger partial charge in [0.15, 0.2) is 0 Å². The van der Waals surface area contributed by atoms with Crippen LogP contribution in [0.1, 0.15) is 47.5 Å². The van der Waals surface area contributed by atoms with Crippen molar-refractivity contribution in [2.75, 3.05) is 0 Å². The van der Waals surface area contributed by atoms with E-state index in [1.165, 1.54) is 0 Å². The SMILES string of the molecule is CC(C)CC(=O)C(C)CC(C)C. The number of Topliss-reactive ketones (excluding diaryl/α,β-unsaturated/α-hetero) is 1. The highest BCUT2D eigenvalue weighted by molar-refractivity contribution is 5.80. The van der Waals surface area contributed by atoms with Crippen LogP contribution in [0.5, 0.6) is 0 Å². The van der Waals surface area contributed by atoms with Gasteiger partial charge in [-0.15, -0.1) is 0 Å². The van der Waals surface area contributed by atoms with Gasteiger partial charge in [0.1, 0.15) is 5.78 Å². The Kier molecular flexibility index (Phi) is 5.19. The van der Waals surface area contributed by atoms with Crippen LogP contribution in [0.3, 0.4) is 0 Å². The summed E-state index contributed by atoms with van der Waals surface area (Å²) >= 11 is 0. The zero-order valence-corrected chi connectivity index (χ0v) is 9.05. The van der Waals surface area contributed by atoms with E-state index in [9.17, 15) is 4.79 Å². The summed E-state index contributed by atoms with van der Waals surface area (Å²) in [4.78, 5) is 11.5. The molecular formula is C11H22O. The van der Waals surface area contributed by atoms with Crippen molar-refractivity contribution in [2.24, 2.45) is 17.8 Å². The van der Waals surface area contributed by atoms with Crippen LogP contribution < -0.4 is 0 Å². The molecule has 0 aliphatic heterocycles. The molecule has 0 aromatic carbocycles. The van der Waals surface area contributed by atoms with E-state index in [0.29, 0.717) is 17.6 Å². The van der Waals surface area contributed by atoms with Crippen molar-refractivity contribution in [2.45, 2.75) is 47.5 Å². The standard InChI is InChI=1S/C11H22O/c1-8(2)6-10(5)11(12)7-9(3)4/h8-10H,6-7H2,1-5H3. The van der Waals surface area contributed by atoms with Gasteiger partial charge in [-0.05, 0) is 18.3 Å². The maximum Gasteiger partial charge on any atom is 0.135 e. The quantitative estimate of drug-likeness (QED) is 0.619. The molecule has 0 N–H and O–H groups in total. The van der Waals surface area contributed by atoms with E-state index in [-0.39, 0.29) is 5.92 Å². The second-order valence-corrected chi connectivity index (χ2v) is 4.59. The van der Waals surface area contributed by atoms with E-state index in [1.54, 1.807) is 0 Å². The first-order valence-electron chi connectivity index (χ1n) is 4.96. The smallest absolute Gasteiger partial charge is 0.135 e. The van der Waals surface area contributed by atoms with E-state index < -0.39 is 0 Å². The maximum atomic E-state index is 11.5. The lowest BCUT2D eigenvalue weighted by Crippen LogP contribution is -2.15. The van der Waals surface area contributed by atoms with Crippen molar-refractivity contribution in [1.82, 2.24) is 0 Å². The molecule has 0 bridgehead atoms. The Morgan fingerprint density at radius 2 is 1.50 bits per heavy atom. The zero-order valence-electron chi connectivity index (χ0n) is 9.05. The normalized spacial score (nSPS) is 13.9. The number of carbonyl (C=O) groups is 1. The highest BCUT2D eigenvalue weighted by atomic mass is 16.1. The fourth-order valence-electron chi connectivity index (χ4n) is 1.44. The summed E-state index contributed by atoms with van der Waals surface area (Å²) in [5.74, 6) is 1.83. The van der Waals surface area contributed by atoms with E-state index in [0.717, 1.165) is 12.8 Å². The third kappa shape index (κ3) is 5.34. The van der Waals surface area contributed by atoms with Crippen LogP contribution in [0.2, 0.25) is 0 Å². The van der Waals surface area contributed by atoms with Gasteiger partial charge in [0, 0.05) is 12.3 Å². The Hall–Kier alpha value is -0.330. The Morgan fingerprint density at radius 3 is 1.83 bits per heavy atom. The van der Waals surface area contributed by atoms with Crippen molar-refractivity contribution >= 4 is 5.78 Å². The van der Waals surface area contributed by atoms with Gasteiger partial charge in [-0.1, -0.05) is 34.6 Å². The molecule has 0 aliphatic rings. The minimum Gasteiger partial charge on any atom is -0.299 e. The Labute approximate surface area is 76.6 Å². The molecule has 1 heteroatoms. The molecule has 12 heavy (non-hydrogen) atoms. The first kappa shape index (κ1) is 11.7. The van der Waals surface area contributed by atoms with E-state index in [1.807, 2.05) is 6.92 Å². The summed E-state index contributed by atoms with van der Waals surface area (Å²) in [6.45, 7) is 10.6. The van der Waals surface area contributed by atoms with Crippen LogP contribution in [0.25, 0.3) is 0 Å². The molecule has 1 unspecified atom stereocenters. The number of hydrogen-bond donors (Lipinski definition) is 0. The minimum atomic E-state index is 0.257. The molecular weight excluding hydrogens is 148 g/mol. The summed E-state index contributed by atoms with van der Waals surface area (Å²) in [7, 11) is 0. The van der Waals surface area contributed by atoms with Gasteiger partial charge in [0.2, 0.25) is 0 Å². The molecule has 0 saturated carbocycles. The van der Waals surface area contributed by atoms with Crippen LogP contribution in [0.4, 0.5) is 0 Å². The van der Waals surface area contributed by atoms with E-state index in [4.69, 9.17) is 0 Å². The van der Waals surface area contributed by atoms with E-state index in [2.05, 4.69) is 27.7 Å². The van der Waals surface area contributed by atoms with Crippen LogP contribution in [-0.4, -0.2) is 5.78 Å². The second kappa shape index (κ2) is 5.34. The molecule has 0 amide bonds. The van der Waals surface area contributed by atoms with Crippen molar-refractivity contribution in [1.29, 1.82) is 0 Å². The molecule has 1 atom stereocenters. The summed E-state index contributed by atoms with van der Waals surface area (Å²) in [6, 6.07) is 0. The minimum absolute atomic E-state index is 0.257. The Morgan fingerprint density at radius 1 is 1.00 bits per heavy atom. The molecule has 0 spiro atoms. The van der Waals surface area contributed by atoms with Gasteiger partial charge < -0.3 is 0 Å². The maximum absolute atomic E-state index is 11.5. The molecule has 0 saturated heterocycles. The zero-order chi connectivity index (χ0) is 9.72. The lowest BCUT2D eigenvalue weighted by Gasteiger charge is -2.13. The topological polar surface area (TPSA) is 17.1 Å². The first-order chi connectivity index (χ1) is 5.43. The molecule has 0 rings (SSSR count). The second-order valence-electron chi connectivity index (χ2n) is 4.59. The highest BCUT2D eigenvalue weighted by Crippen LogP contribution is 2.15. The van der Waals surface area contributed by atoms with Crippen molar-refractivity contribution in [3.63, 3.8) is 0 Å². The number of ketones is 1. The lowest BCUT2D eigenvalue weighted by atomic mass is 9.91. The third-order valence-corrected chi connectivity index (χ3v) is 1.98.